The molecular weight excluding hydrogens is 280 g/mol. The van der Waals surface area contributed by atoms with Crippen LogP contribution in [0.4, 0.5) is 5.69 Å². The second-order valence-electron chi connectivity index (χ2n) is 4.39. The van der Waals surface area contributed by atoms with Crippen LogP contribution in [0.3, 0.4) is 0 Å². The van der Waals surface area contributed by atoms with Crippen LogP contribution < -0.4 is 4.90 Å². The Morgan fingerprint density at radius 1 is 1.41 bits per heavy atom. The summed E-state index contributed by atoms with van der Waals surface area (Å²) in [6, 6.07) is 9.69. The molecule has 0 aromatic heterocycles. The molecule has 0 atom stereocenters. The van der Waals surface area contributed by atoms with E-state index in [-0.39, 0.29) is 5.91 Å². The van der Waals surface area contributed by atoms with Gasteiger partial charge >= 0.3 is 0 Å². The van der Waals surface area contributed by atoms with Crippen LogP contribution in [-0.2, 0) is 4.79 Å². The van der Waals surface area contributed by atoms with Gasteiger partial charge in [0.15, 0.2) is 0 Å². The number of rotatable bonds is 2. The van der Waals surface area contributed by atoms with Gasteiger partial charge in [0.25, 0.3) is 0 Å². The first-order chi connectivity index (χ1) is 8.09. The second-order valence-corrected chi connectivity index (χ2v) is 5.30. The summed E-state index contributed by atoms with van der Waals surface area (Å²) in [6.07, 6.45) is 2.33. The van der Waals surface area contributed by atoms with Crippen LogP contribution in [0.25, 0.3) is 0 Å². The second kappa shape index (κ2) is 4.50. The maximum absolute atomic E-state index is 12.3. The number of nitriles is 1. The summed E-state index contributed by atoms with van der Waals surface area (Å²) in [6.45, 7) is 0. The molecule has 1 amide bonds. The third kappa shape index (κ3) is 2.07. The molecule has 88 valence electrons. The summed E-state index contributed by atoms with van der Waals surface area (Å²) in [5.41, 5.74) is 0.0432. The molecule has 1 aliphatic rings. The number of hydrogen-bond acceptors (Lipinski definition) is 2. The summed E-state index contributed by atoms with van der Waals surface area (Å²) >= 11 is 3.35. The van der Waals surface area contributed by atoms with Crippen LogP contribution in [0.1, 0.15) is 19.3 Å². The van der Waals surface area contributed by atoms with E-state index in [1.54, 1.807) is 11.9 Å². The summed E-state index contributed by atoms with van der Waals surface area (Å²) < 4.78 is 0.973. The molecule has 0 saturated heterocycles. The third-order valence-electron chi connectivity index (χ3n) is 3.35. The molecule has 1 saturated carbocycles. The lowest BCUT2D eigenvalue weighted by Crippen LogP contribution is -2.45. The van der Waals surface area contributed by atoms with Gasteiger partial charge in [-0.25, -0.2) is 0 Å². The van der Waals surface area contributed by atoms with E-state index in [1.165, 1.54) is 0 Å². The molecular formula is C13H13BrN2O. The van der Waals surface area contributed by atoms with Gasteiger partial charge in [-0.2, -0.15) is 5.26 Å². The predicted octanol–water partition coefficient (Wildman–Crippen LogP) is 3.11. The van der Waals surface area contributed by atoms with E-state index in [9.17, 15) is 4.79 Å². The SMILES string of the molecule is CN(C(=O)C1(C#N)CCC1)c1ccc(Br)cc1. The molecule has 17 heavy (non-hydrogen) atoms. The fourth-order valence-electron chi connectivity index (χ4n) is 2.01. The third-order valence-corrected chi connectivity index (χ3v) is 3.88. The molecule has 0 heterocycles. The first-order valence-corrected chi connectivity index (χ1v) is 6.33. The van der Waals surface area contributed by atoms with Crippen molar-refractivity contribution >= 4 is 27.5 Å². The van der Waals surface area contributed by atoms with Crippen LogP contribution in [0.5, 0.6) is 0 Å². The van der Waals surface area contributed by atoms with Gasteiger partial charge in [0.1, 0.15) is 5.41 Å². The van der Waals surface area contributed by atoms with Crippen molar-refractivity contribution in [2.75, 3.05) is 11.9 Å². The molecule has 0 aliphatic heterocycles. The number of halogens is 1. The number of anilines is 1. The van der Waals surface area contributed by atoms with Crippen molar-refractivity contribution in [1.82, 2.24) is 0 Å². The standard InChI is InChI=1S/C13H13BrN2O/c1-16(11-5-3-10(14)4-6-11)12(17)13(9-15)7-2-8-13/h3-6H,2,7-8H2,1H3. The van der Waals surface area contributed by atoms with Gasteiger partial charge in [0.2, 0.25) is 5.91 Å². The Balaban J connectivity index is 2.20. The van der Waals surface area contributed by atoms with Crippen molar-refractivity contribution in [2.24, 2.45) is 5.41 Å². The van der Waals surface area contributed by atoms with Crippen LogP contribution in [-0.4, -0.2) is 13.0 Å². The minimum absolute atomic E-state index is 0.0893. The van der Waals surface area contributed by atoms with Gasteiger partial charge in [-0.15, -0.1) is 0 Å². The molecule has 0 spiro atoms. The average Bonchev–Trinajstić information content (AvgIpc) is 2.28. The molecule has 0 N–H and O–H groups in total. The molecule has 0 radical (unpaired) electrons. The monoisotopic (exact) mass is 292 g/mol. The summed E-state index contributed by atoms with van der Waals surface area (Å²) in [5.74, 6) is -0.0893. The van der Waals surface area contributed by atoms with Gasteiger partial charge < -0.3 is 4.90 Å². The van der Waals surface area contributed by atoms with Gasteiger partial charge in [-0.3, -0.25) is 4.79 Å². The van der Waals surface area contributed by atoms with E-state index in [1.807, 2.05) is 24.3 Å². The van der Waals surface area contributed by atoms with Crippen molar-refractivity contribution in [2.45, 2.75) is 19.3 Å². The van der Waals surface area contributed by atoms with E-state index in [0.29, 0.717) is 12.8 Å². The fraction of sp³-hybridized carbons (Fsp3) is 0.385. The highest BCUT2D eigenvalue weighted by Crippen LogP contribution is 2.42. The Kier molecular flexibility index (Phi) is 3.21. The van der Waals surface area contributed by atoms with Gasteiger partial charge in [0, 0.05) is 17.2 Å². The summed E-state index contributed by atoms with van der Waals surface area (Å²) in [7, 11) is 1.73. The molecule has 1 aromatic rings. The number of nitrogens with zero attached hydrogens (tertiary/aromatic N) is 2. The van der Waals surface area contributed by atoms with E-state index < -0.39 is 5.41 Å². The van der Waals surface area contributed by atoms with Crippen molar-refractivity contribution in [3.63, 3.8) is 0 Å². The van der Waals surface area contributed by atoms with Crippen LogP contribution in [0.2, 0.25) is 0 Å². The zero-order valence-electron chi connectivity index (χ0n) is 9.61. The summed E-state index contributed by atoms with van der Waals surface area (Å²) in [4.78, 5) is 13.8. The van der Waals surface area contributed by atoms with Crippen molar-refractivity contribution in [3.8, 4) is 6.07 Å². The van der Waals surface area contributed by atoms with Crippen LogP contribution >= 0.6 is 15.9 Å². The number of hydrogen-bond donors (Lipinski definition) is 0. The number of carbonyl (C=O) groups is 1. The highest BCUT2D eigenvalue weighted by Gasteiger charge is 2.46. The van der Waals surface area contributed by atoms with E-state index in [2.05, 4.69) is 22.0 Å². The molecule has 0 bridgehead atoms. The Morgan fingerprint density at radius 2 is 2.00 bits per heavy atom. The van der Waals surface area contributed by atoms with E-state index in [0.717, 1.165) is 16.6 Å². The minimum atomic E-state index is -0.776. The van der Waals surface area contributed by atoms with Crippen molar-refractivity contribution in [3.05, 3.63) is 28.7 Å². The van der Waals surface area contributed by atoms with Crippen LogP contribution in [0, 0.1) is 16.7 Å². The Hall–Kier alpha value is -1.34. The van der Waals surface area contributed by atoms with E-state index in [4.69, 9.17) is 5.26 Å². The first kappa shape index (κ1) is 12.1. The zero-order valence-corrected chi connectivity index (χ0v) is 11.2. The smallest absolute Gasteiger partial charge is 0.247 e. The van der Waals surface area contributed by atoms with E-state index >= 15 is 0 Å². The highest BCUT2D eigenvalue weighted by molar-refractivity contribution is 9.10. The fourth-order valence-corrected chi connectivity index (χ4v) is 2.27. The lowest BCUT2D eigenvalue weighted by atomic mass is 9.69. The maximum atomic E-state index is 12.3. The molecule has 1 aliphatic carbocycles. The van der Waals surface area contributed by atoms with Gasteiger partial charge in [-0.1, -0.05) is 15.9 Å². The minimum Gasteiger partial charge on any atom is -0.314 e. The Labute approximate surface area is 109 Å². The lowest BCUT2D eigenvalue weighted by molar-refractivity contribution is -0.128. The van der Waals surface area contributed by atoms with Crippen LogP contribution in [0.15, 0.2) is 28.7 Å². The van der Waals surface area contributed by atoms with Crippen molar-refractivity contribution < 1.29 is 4.79 Å². The normalized spacial score (nSPS) is 16.8. The Bertz CT molecular complexity index is 471. The first-order valence-electron chi connectivity index (χ1n) is 5.54. The molecule has 2 rings (SSSR count). The molecule has 0 unspecified atom stereocenters. The molecule has 3 nitrogen and oxygen atoms in total. The predicted molar refractivity (Wildman–Crippen MR) is 69.4 cm³/mol. The zero-order chi connectivity index (χ0) is 12.5. The maximum Gasteiger partial charge on any atom is 0.247 e. The van der Waals surface area contributed by atoms with Crippen molar-refractivity contribution in [1.29, 1.82) is 5.26 Å². The topological polar surface area (TPSA) is 44.1 Å². The highest BCUT2D eigenvalue weighted by atomic mass is 79.9. The summed E-state index contributed by atoms with van der Waals surface area (Å²) in [5, 5.41) is 9.14. The number of carbonyl (C=O) groups excluding carboxylic acids is 1. The number of benzene rings is 1. The van der Waals surface area contributed by atoms with Gasteiger partial charge in [-0.05, 0) is 43.5 Å². The molecule has 4 heteroatoms. The van der Waals surface area contributed by atoms with Gasteiger partial charge in [0.05, 0.1) is 6.07 Å². The Morgan fingerprint density at radius 3 is 2.41 bits per heavy atom. The average molecular weight is 293 g/mol. The molecule has 1 aromatic carbocycles. The largest absolute Gasteiger partial charge is 0.314 e. The number of amides is 1. The quantitative estimate of drug-likeness (QED) is 0.841. The molecule has 1 fully saturated rings. The lowest BCUT2D eigenvalue weighted by Gasteiger charge is -2.36.